The van der Waals surface area contributed by atoms with E-state index < -0.39 is 11.6 Å². The van der Waals surface area contributed by atoms with Crippen LogP contribution in [0.5, 0.6) is 0 Å². The lowest BCUT2D eigenvalue weighted by Crippen LogP contribution is -2.13. The van der Waals surface area contributed by atoms with E-state index in [4.69, 9.17) is 0 Å². The van der Waals surface area contributed by atoms with E-state index in [9.17, 15) is 8.78 Å². The highest BCUT2D eigenvalue weighted by Crippen LogP contribution is 2.14. The summed E-state index contributed by atoms with van der Waals surface area (Å²) in [6.45, 7) is 0.707. The quantitative estimate of drug-likeness (QED) is 0.880. The Morgan fingerprint density at radius 2 is 2.00 bits per heavy atom. The summed E-state index contributed by atoms with van der Waals surface area (Å²) >= 11 is 0. The van der Waals surface area contributed by atoms with Crippen LogP contribution in [0.3, 0.4) is 0 Å². The summed E-state index contributed by atoms with van der Waals surface area (Å²) in [6.07, 6.45) is 3.32. The maximum Gasteiger partial charge on any atom is 0.131 e. The van der Waals surface area contributed by atoms with Crippen LogP contribution in [0.2, 0.25) is 0 Å². The zero-order valence-electron chi connectivity index (χ0n) is 9.45. The Bertz CT molecular complexity index is 488. The van der Waals surface area contributed by atoms with Crippen molar-refractivity contribution >= 4 is 0 Å². The molecular formula is C12H13F2N3. The van der Waals surface area contributed by atoms with Crippen LogP contribution in [0.4, 0.5) is 8.78 Å². The van der Waals surface area contributed by atoms with Gasteiger partial charge in [0, 0.05) is 18.0 Å². The molecule has 1 N–H and O–H groups in total. The molecule has 5 heteroatoms. The van der Waals surface area contributed by atoms with E-state index in [0.717, 1.165) is 5.82 Å². The van der Waals surface area contributed by atoms with Gasteiger partial charge in [0.15, 0.2) is 0 Å². The fourth-order valence-corrected chi connectivity index (χ4v) is 1.66. The predicted molar refractivity (Wildman–Crippen MR) is 60.5 cm³/mol. The maximum atomic E-state index is 13.5. The molecule has 0 fully saturated rings. The van der Waals surface area contributed by atoms with Gasteiger partial charge < -0.3 is 9.88 Å². The highest BCUT2D eigenvalue weighted by molar-refractivity contribution is 5.20. The SMILES string of the molecule is CNCc1nccn1Cc1c(F)cccc1F. The lowest BCUT2D eigenvalue weighted by atomic mass is 10.2. The summed E-state index contributed by atoms with van der Waals surface area (Å²) in [4.78, 5) is 4.12. The zero-order chi connectivity index (χ0) is 12.3. The summed E-state index contributed by atoms with van der Waals surface area (Å²) < 4.78 is 28.7. The number of hydrogen-bond donors (Lipinski definition) is 1. The predicted octanol–water partition coefficient (Wildman–Crippen LogP) is 1.93. The second-order valence-electron chi connectivity index (χ2n) is 3.70. The van der Waals surface area contributed by atoms with Crippen molar-refractivity contribution in [2.24, 2.45) is 0 Å². The Hall–Kier alpha value is -1.75. The Morgan fingerprint density at radius 1 is 1.29 bits per heavy atom. The Kier molecular flexibility index (Phi) is 3.49. The van der Waals surface area contributed by atoms with Crippen LogP contribution in [0, 0.1) is 11.6 Å². The van der Waals surface area contributed by atoms with Gasteiger partial charge in [-0.05, 0) is 19.2 Å². The third kappa shape index (κ3) is 2.50. The van der Waals surface area contributed by atoms with Gasteiger partial charge in [0.05, 0.1) is 13.1 Å². The molecule has 0 aliphatic rings. The van der Waals surface area contributed by atoms with Crippen LogP contribution >= 0.6 is 0 Å². The molecule has 0 atom stereocenters. The minimum Gasteiger partial charge on any atom is -0.329 e. The minimum atomic E-state index is -0.533. The van der Waals surface area contributed by atoms with Crippen LogP contribution in [-0.4, -0.2) is 16.6 Å². The molecule has 0 bridgehead atoms. The second-order valence-corrected chi connectivity index (χ2v) is 3.70. The third-order valence-electron chi connectivity index (χ3n) is 2.53. The molecule has 2 rings (SSSR count). The molecular weight excluding hydrogens is 224 g/mol. The molecule has 0 aliphatic heterocycles. The molecule has 90 valence electrons. The number of hydrogen-bond acceptors (Lipinski definition) is 2. The number of rotatable bonds is 4. The average Bonchev–Trinajstić information content (AvgIpc) is 2.72. The summed E-state index contributed by atoms with van der Waals surface area (Å²) in [5.41, 5.74) is 0.0582. The van der Waals surface area contributed by atoms with Crippen molar-refractivity contribution in [3.05, 3.63) is 53.6 Å². The number of nitrogens with zero attached hydrogens (tertiary/aromatic N) is 2. The molecule has 0 saturated carbocycles. The molecule has 0 radical (unpaired) electrons. The van der Waals surface area contributed by atoms with E-state index in [2.05, 4.69) is 10.3 Å². The summed E-state index contributed by atoms with van der Waals surface area (Å²) in [5.74, 6) is -0.321. The van der Waals surface area contributed by atoms with Crippen LogP contribution < -0.4 is 5.32 Å². The van der Waals surface area contributed by atoms with Gasteiger partial charge in [-0.2, -0.15) is 0 Å². The van der Waals surface area contributed by atoms with Gasteiger partial charge in [-0.25, -0.2) is 13.8 Å². The molecule has 0 spiro atoms. The van der Waals surface area contributed by atoms with E-state index in [1.54, 1.807) is 24.0 Å². The molecule has 17 heavy (non-hydrogen) atoms. The first kappa shape index (κ1) is 11.7. The molecule has 0 aliphatic carbocycles. The van der Waals surface area contributed by atoms with Gasteiger partial charge in [0.25, 0.3) is 0 Å². The standard InChI is InChI=1S/C12H13F2N3/c1-15-7-12-16-5-6-17(12)8-9-10(13)3-2-4-11(9)14/h2-6,15H,7-8H2,1H3. The lowest BCUT2D eigenvalue weighted by molar-refractivity contribution is 0.538. The lowest BCUT2D eigenvalue weighted by Gasteiger charge is -2.09. The highest BCUT2D eigenvalue weighted by Gasteiger charge is 2.10. The Balaban J connectivity index is 2.28. The van der Waals surface area contributed by atoms with Crippen LogP contribution in [0.25, 0.3) is 0 Å². The Labute approximate surface area is 98.1 Å². The number of imidazole rings is 1. The van der Waals surface area contributed by atoms with E-state index in [0.29, 0.717) is 6.54 Å². The summed E-state index contributed by atoms with van der Waals surface area (Å²) in [6, 6.07) is 3.87. The monoisotopic (exact) mass is 237 g/mol. The Morgan fingerprint density at radius 3 is 2.65 bits per heavy atom. The normalized spacial score (nSPS) is 10.8. The molecule has 0 amide bonds. The molecule has 3 nitrogen and oxygen atoms in total. The first-order chi connectivity index (χ1) is 8.22. The van der Waals surface area contributed by atoms with Crippen molar-refractivity contribution in [2.45, 2.75) is 13.1 Å². The van der Waals surface area contributed by atoms with Crippen molar-refractivity contribution in [2.75, 3.05) is 7.05 Å². The zero-order valence-corrected chi connectivity index (χ0v) is 9.45. The van der Waals surface area contributed by atoms with Crippen LogP contribution in [-0.2, 0) is 13.1 Å². The average molecular weight is 237 g/mol. The van der Waals surface area contributed by atoms with E-state index in [1.165, 1.54) is 18.2 Å². The van der Waals surface area contributed by atoms with Crippen molar-refractivity contribution in [3.8, 4) is 0 Å². The summed E-state index contributed by atoms with van der Waals surface area (Å²) in [5, 5.41) is 2.95. The first-order valence-corrected chi connectivity index (χ1v) is 5.30. The molecule has 2 aromatic rings. The van der Waals surface area contributed by atoms with Gasteiger partial charge in [-0.15, -0.1) is 0 Å². The minimum absolute atomic E-state index is 0.0582. The van der Waals surface area contributed by atoms with E-state index >= 15 is 0 Å². The first-order valence-electron chi connectivity index (χ1n) is 5.30. The van der Waals surface area contributed by atoms with E-state index in [-0.39, 0.29) is 12.1 Å². The molecule has 1 heterocycles. The van der Waals surface area contributed by atoms with Crippen molar-refractivity contribution in [1.82, 2.24) is 14.9 Å². The van der Waals surface area contributed by atoms with Gasteiger partial charge in [0.2, 0.25) is 0 Å². The maximum absolute atomic E-state index is 13.5. The van der Waals surface area contributed by atoms with Gasteiger partial charge >= 0.3 is 0 Å². The molecule has 0 saturated heterocycles. The molecule has 1 aromatic carbocycles. The molecule has 0 unspecified atom stereocenters. The highest BCUT2D eigenvalue weighted by atomic mass is 19.1. The van der Waals surface area contributed by atoms with Crippen LogP contribution in [0.1, 0.15) is 11.4 Å². The van der Waals surface area contributed by atoms with Gasteiger partial charge in [-0.3, -0.25) is 0 Å². The fraction of sp³-hybridized carbons (Fsp3) is 0.250. The topological polar surface area (TPSA) is 29.9 Å². The number of nitrogens with one attached hydrogen (secondary N) is 1. The van der Waals surface area contributed by atoms with Crippen molar-refractivity contribution in [1.29, 1.82) is 0 Å². The van der Waals surface area contributed by atoms with Crippen molar-refractivity contribution < 1.29 is 8.78 Å². The number of halogens is 2. The second kappa shape index (κ2) is 5.05. The van der Waals surface area contributed by atoms with E-state index in [1.807, 2.05) is 0 Å². The fourth-order valence-electron chi connectivity index (χ4n) is 1.66. The van der Waals surface area contributed by atoms with Gasteiger partial charge in [-0.1, -0.05) is 6.07 Å². The van der Waals surface area contributed by atoms with Gasteiger partial charge in [0.1, 0.15) is 17.5 Å². The number of benzene rings is 1. The smallest absolute Gasteiger partial charge is 0.131 e. The molecule has 1 aromatic heterocycles. The third-order valence-corrected chi connectivity index (χ3v) is 2.53. The van der Waals surface area contributed by atoms with Crippen LogP contribution in [0.15, 0.2) is 30.6 Å². The number of aromatic nitrogens is 2. The largest absolute Gasteiger partial charge is 0.329 e. The van der Waals surface area contributed by atoms with Crippen molar-refractivity contribution in [3.63, 3.8) is 0 Å². The summed E-state index contributed by atoms with van der Waals surface area (Å²) in [7, 11) is 1.79.